The molecule has 1 heterocycles. The Morgan fingerprint density at radius 3 is 2.61 bits per heavy atom. The van der Waals surface area contributed by atoms with Gasteiger partial charge in [-0.05, 0) is 61.3 Å². The summed E-state index contributed by atoms with van der Waals surface area (Å²) in [5, 5.41) is 3.01. The molecule has 126 valence electrons. The van der Waals surface area contributed by atoms with Crippen molar-refractivity contribution in [2.45, 2.75) is 36.6 Å². The van der Waals surface area contributed by atoms with Gasteiger partial charge in [-0.2, -0.15) is 11.8 Å². The van der Waals surface area contributed by atoms with Crippen LogP contribution in [0.25, 0.3) is 0 Å². The van der Waals surface area contributed by atoms with Crippen molar-refractivity contribution in [3.05, 3.63) is 29.8 Å². The Kier molecular flexibility index (Phi) is 5.28. The molecule has 2 fully saturated rings. The van der Waals surface area contributed by atoms with E-state index in [4.69, 9.17) is 0 Å². The highest BCUT2D eigenvalue weighted by molar-refractivity contribution is 7.99. The van der Waals surface area contributed by atoms with E-state index in [0.717, 1.165) is 37.2 Å². The van der Waals surface area contributed by atoms with E-state index >= 15 is 0 Å². The predicted molar refractivity (Wildman–Crippen MR) is 92.2 cm³/mol. The fourth-order valence-electron chi connectivity index (χ4n) is 2.55. The Labute approximate surface area is 141 Å². The van der Waals surface area contributed by atoms with Gasteiger partial charge in [-0.25, -0.2) is 13.1 Å². The molecule has 1 amide bonds. The van der Waals surface area contributed by atoms with Crippen molar-refractivity contribution in [2.24, 2.45) is 5.92 Å². The number of nitrogens with one attached hydrogen (secondary N) is 2. The summed E-state index contributed by atoms with van der Waals surface area (Å²) in [6.07, 6.45) is 4.12. The van der Waals surface area contributed by atoms with Crippen LogP contribution in [0.15, 0.2) is 29.2 Å². The molecule has 1 aromatic rings. The fourth-order valence-corrected chi connectivity index (χ4v) is 4.82. The lowest BCUT2D eigenvalue weighted by atomic mass is 10.1. The van der Waals surface area contributed by atoms with Gasteiger partial charge >= 0.3 is 0 Å². The highest BCUT2D eigenvalue weighted by Gasteiger charge is 2.25. The van der Waals surface area contributed by atoms with Crippen molar-refractivity contribution >= 4 is 27.7 Å². The molecular formula is C16H22N2O3S2. The minimum absolute atomic E-state index is 0.157. The van der Waals surface area contributed by atoms with Gasteiger partial charge in [-0.15, -0.1) is 0 Å². The normalized spacial score (nSPS) is 19.5. The maximum Gasteiger partial charge on any atom is 0.251 e. The molecule has 0 spiro atoms. The molecule has 1 saturated carbocycles. The summed E-state index contributed by atoms with van der Waals surface area (Å²) in [6, 6.07) is 6.47. The maximum absolute atomic E-state index is 12.3. The summed E-state index contributed by atoms with van der Waals surface area (Å²) in [4.78, 5) is 12.5. The first-order valence-electron chi connectivity index (χ1n) is 8.03. The van der Waals surface area contributed by atoms with Gasteiger partial charge in [-0.1, -0.05) is 6.07 Å². The Hall–Kier alpha value is -1.05. The number of carbonyl (C=O) groups is 1. The average Bonchev–Trinajstić information content (AvgIpc) is 3.38. The smallest absolute Gasteiger partial charge is 0.251 e. The summed E-state index contributed by atoms with van der Waals surface area (Å²) in [7, 11) is -3.54. The third-order valence-electron chi connectivity index (χ3n) is 4.22. The number of rotatable bonds is 6. The van der Waals surface area contributed by atoms with Crippen LogP contribution < -0.4 is 10.0 Å². The lowest BCUT2D eigenvalue weighted by Gasteiger charge is -2.22. The third-order valence-corrected chi connectivity index (χ3v) is 6.69. The molecule has 23 heavy (non-hydrogen) atoms. The summed E-state index contributed by atoms with van der Waals surface area (Å²) in [6.45, 7) is 0.485. The second kappa shape index (κ2) is 7.23. The second-order valence-corrected chi connectivity index (χ2v) is 9.17. The van der Waals surface area contributed by atoms with Crippen LogP contribution in [-0.2, 0) is 10.0 Å². The highest BCUT2D eigenvalue weighted by atomic mass is 32.2. The van der Waals surface area contributed by atoms with Crippen LogP contribution in [-0.4, -0.2) is 38.4 Å². The molecule has 1 aliphatic heterocycles. The average molecular weight is 354 g/mol. The van der Waals surface area contributed by atoms with E-state index in [1.807, 2.05) is 11.8 Å². The van der Waals surface area contributed by atoms with Gasteiger partial charge in [0.05, 0.1) is 4.90 Å². The number of hydrogen-bond donors (Lipinski definition) is 2. The topological polar surface area (TPSA) is 75.3 Å². The minimum Gasteiger partial charge on any atom is -0.349 e. The van der Waals surface area contributed by atoms with Crippen molar-refractivity contribution in [3.8, 4) is 0 Å². The largest absolute Gasteiger partial charge is 0.349 e. The molecule has 1 aromatic carbocycles. The maximum atomic E-state index is 12.3. The van der Waals surface area contributed by atoms with Crippen LogP contribution in [0.2, 0.25) is 0 Å². The second-order valence-electron chi connectivity index (χ2n) is 6.18. The van der Waals surface area contributed by atoms with Crippen LogP contribution in [0.5, 0.6) is 0 Å². The summed E-state index contributed by atoms with van der Waals surface area (Å²) in [5.41, 5.74) is 0.400. The van der Waals surface area contributed by atoms with Crippen molar-refractivity contribution in [2.75, 3.05) is 18.1 Å². The summed E-state index contributed by atoms with van der Waals surface area (Å²) < 4.78 is 27.2. The molecule has 0 unspecified atom stereocenters. The molecule has 0 aromatic heterocycles. The first kappa shape index (κ1) is 16.8. The molecular weight excluding hydrogens is 332 g/mol. The Balaban J connectivity index is 1.66. The lowest BCUT2D eigenvalue weighted by Crippen LogP contribution is -2.37. The van der Waals surface area contributed by atoms with E-state index < -0.39 is 10.0 Å². The van der Waals surface area contributed by atoms with Crippen molar-refractivity contribution < 1.29 is 13.2 Å². The van der Waals surface area contributed by atoms with E-state index in [9.17, 15) is 13.2 Å². The highest BCUT2D eigenvalue weighted by Crippen LogP contribution is 2.28. The summed E-state index contributed by atoms with van der Waals surface area (Å²) >= 11 is 1.90. The number of hydrogen-bond acceptors (Lipinski definition) is 4. The van der Waals surface area contributed by atoms with Gasteiger partial charge in [0.1, 0.15) is 0 Å². The molecule has 5 nitrogen and oxygen atoms in total. The van der Waals surface area contributed by atoms with Crippen molar-refractivity contribution in [1.82, 2.24) is 10.0 Å². The molecule has 0 atom stereocenters. The standard InChI is InChI=1S/C16H22N2O3S2/c19-16(18-14-6-8-22-9-7-14)13-2-1-3-15(10-13)23(20,21)17-11-12-4-5-12/h1-3,10,12,14,17H,4-9,11H2,(H,18,19). The Bertz CT molecular complexity index is 666. The summed E-state index contributed by atoms with van der Waals surface area (Å²) in [5.74, 6) is 2.40. The molecule has 3 rings (SSSR count). The number of sulfonamides is 1. The van der Waals surface area contributed by atoms with Crippen LogP contribution in [0.4, 0.5) is 0 Å². The van der Waals surface area contributed by atoms with Crippen LogP contribution in [0.3, 0.4) is 0 Å². The van der Waals surface area contributed by atoms with E-state index in [1.54, 1.807) is 12.1 Å². The number of carbonyl (C=O) groups excluding carboxylic acids is 1. The fraction of sp³-hybridized carbons (Fsp3) is 0.562. The van der Waals surface area contributed by atoms with E-state index in [2.05, 4.69) is 10.0 Å². The minimum atomic E-state index is -3.54. The molecule has 2 aliphatic rings. The molecule has 0 radical (unpaired) electrons. The monoisotopic (exact) mass is 354 g/mol. The first-order chi connectivity index (χ1) is 11.0. The van der Waals surface area contributed by atoms with Crippen molar-refractivity contribution in [3.63, 3.8) is 0 Å². The van der Waals surface area contributed by atoms with Crippen LogP contribution in [0.1, 0.15) is 36.0 Å². The van der Waals surface area contributed by atoms with Gasteiger partial charge in [0.15, 0.2) is 0 Å². The SMILES string of the molecule is O=C(NC1CCSCC1)c1cccc(S(=O)(=O)NCC2CC2)c1. The predicted octanol–water partition coefficient (Wildman–Crippen LogP) is 2.00. The van der Waals surface area contributed by atoms with E-state index in [0.29, 0.717) is 18.0 Å². The molecule has 7 heteroatoms. The van der Waals surface area contributed by atoms with E-state index in [1.165, 1.54) is 12.1 Å². The Morgan fingerprint density at radius 1 is 1.17 bits per heavy atom. The van der Waals surface area contributed by atoms with Gasteiger partial charge in [0.2, 0.25) is 10.0 Å². The van der Waals surface area contributed by atoms with Crippen LogP contribution >= 0.6 is 11.8 Å². The molecule has 1 aliphatic carbocycles. The van der Waals surface area contributed by atoms with Gasteiger partial charge in [-0.3, -0.25) is 4.79 Å². The number of thioether (sulfide) groups is 1. The zero-order valence-corrected chi connectivity index (χ0v) is 14.6. The van der Waals surface area contributed by atoms with E-state index in [-0.39, 0.29) is 16.8 Å². The van der Waals surface area contributed by atoms with Gasteiger partial charge in [0, 0.05) is 18.2 Å². The van der Waals surface area contributed by atoms with Crippen LogP contribution in [0, 0.1) is 5.92 Å². The first-order valence-corrected chi connectivity index (χ1v) is 10.7. The van der Waals surface area contributed by atoms with Crippen molar-refractivity contribution in [1.29, 1.82) is 0 Å². The Morgan fingerprint density at radius 2 is 1.91 bits per heavy atom. The number of amides is 1. The van der Waals surface area contributed by atoms with Gasteiger partial charge in [0.25, 0.3) is 5.91 Å². The lowest BCUT2D eigenvalue weighted by molar-refractivity contribution is 0.0934. The molecule has 2 N–H and O–H groups in total. The zero-order chi connectivity index (χ0) is 16.3. The number of benzene rings is 1. The quantitative estimate of drug-likeness (QED) is 0.819. The third kappa shape index (κ3) is 4.71. The molecule has 0 bridgehead atoms. The zero-order valence-electron chi connectivity index (χ0n) is 13.0. The molecule has 1 saturated heterocycles. The van der Waals surface area contributed by atoms with Gasteiger partial charge < -0.3 is 5.32 Å².